The Bertz CT molecular complexity index is 1140. The molecule has 1 heterocycles. The molecule has 3 nitrogen and oxygen atoms in total. The summed E-state index contributed by atoms with van der Waals surface area (Å²) in [6, 6.07) is 24.9. The van der Waals surface area contributed by atoms with Crippen LogP contribution in [0.5, 0.6) is 0 Å². The number of benzene rings is 3. The number of rotatable bonds is 4. The predicted molar refractivity (Wildman–Crippen MR) is 116 cm³/mol. The van der Waals surface area contributed by atoms with Crippen molar-refractivity contribution in [1.82, 2.24) is 4.98 Å². The van der Waals surface area contributed by atoms with Gasteiger partial charge in [-0.3, -0.25) is 4.79 Å². The number of carbonyl (C=O) groups is 1. The largest absolute Gasteiger partial charge is 0.322 e. The first kappa shape index (κ1) is 18.2. The molecule has 0 bridgehead atoms. The van der Waals surface area contributed by atoms with Crippen LogP contribution in [-0.2, 0) is 6.42 Å². The molecule has 0 unspecified atom stereocenters. The lowest BCUT2D eigenvalue weighted by Crippen LogP contribution is -2.13. The first-order valence-electron chi connectivity index (χ1n) is 9.20. The highest BCUT2D eigenvalue weighted by atomic mass is 35.5. The van der Waals surface area contributed by atoms with Gasteiger partial charge in [0.25, 0.3) is 5.91 Å². The lowest BCUT2D eigenvalue weighted by atomic mass is 10.0. The zero-order valence-electron chi connectivity index (χ0n) is 15.4. The number of hydrogen-bond acceptors (Lipinski definition) is 2. The van der Waals surface area contributed by atoms with E-state index in [-0.39, 0.29) is 5.91 Å². The van der Waals surface area contributed by atoms with Crippen molar-refractivity contribution in [2.24, 2.45) is 0 Å². The van der Waals surface area contributed by atoms with Crippen LogP contribution < -0.4 is 5.32 Å². The van der Waals surface area contributed by atoms with Crippen LogP contribution in [0.4, 0.5) is 5.69 Å². The number of nitrogens with one attached hydrogen (secondary N) is 1. The van der Waals surface area contributed by atoms with Crippen molar-refractivity contribution in [2.45, 2.75) is 13.3 Å². The van der Waals surface area contributed by atoms with E-state index in [1.165, 1.54) is 5.56 Å². The molecule has 1 aromatic heterocycles. The third-order valence-electron chi connectivity index (χ3n) is 4.72. The average Bonchev–Trinajstić information content (AvgIpc) is 2.74. The fourth-order valence-corrected chi connectivity index (χ4v) is 3.28. The summed E-state index contributed by atoms with van der Waals surface area (Å²) < 4.78 is 0. The lowest BCUT2D eigenvalue weighted by molar-refractivity contribution is 0.102. The van der Waals surface area contributed by atoms with Crippen LogP contribution in [0.15, 0.2) is 78.9 Å². The summed E-state index contributed by atoms with van der Waals surface area (Å²) in [6.07, 6.45) is 0.986. The van der Waals surface area contributed by atoms with Crippen molar-refractivity contribution in [2.75, 3.05) is 5.32 Å². The Hall–Kier alpha value is -3.17. The number of aryl methyl sites for hydroxylation is 1. The lowest BCUT2D eigenvalue weighted by Gasteiger charge is -2.11. The molecule has 138 valence electrons. The molecule has 4 rings (SSSR count). The van der Waals surface area contributed by atoms with Crippen LogP contribution in [0.3, 0.4) is 0 Å². The molecular weight excluding hydrogens is 368 g/mol. The zero-order valence-corrected chi connectivity index (χ0v) is 16.2. The summed E-state index contributed by atoms with van der Waals surface area (Å²) in [4.78, 5) is 17.8. The van der Waals surface area contributed by atoms with Crippen molar-refractivity contribution in [3.8, 4) is 11.3 Å². The van der Waals surface area contributed by atoms with Crippen LogP contribution in [-0.4, -0.2) is 10.9 Å². The van der Waals surface area contributed by atoms with Gasteiger partial charge in [0.05, 0.1) is 16.8 Å². The number of pyridine rings is 1. The Morgan fingerprint density at radius 3 is 2.39 bits per heavy atom. The molecule has 0 atom stereocenters. The molecule has 1 amide bonds. The molecule has 4 aromatic rings. The Morgan fingerprint density at radius 2 is 1.68 bits per heavy atom. The van der Waals surface area contributed by atoms with Crippen molar-refractivity contribution < 1.29 is 4.79 Å². The van der Waals surface area contributed by atoms with Gasteiger partial charge < -0.3 is 5.32 Å². The number of para-hydroxylation sites is 1. The first-order valence-corrected chi connectivity index (χ1v) is 9.58. The van der Waals surface area contributed by atoms with Crippen molar-refractivity contribution in [3.05, 3.63) is 95.0 Å². The third kappa shape index (κ3) is 3.75. The molecule has 4 heteroatoms. The highest BCUT2D eigenvalue weighted by molar-refractivity contribution is 6.30. The Balaban J connectivity index is 1.77. The minimum absolute atomic E-state index is 0.174. The summed E-state index contributed by atoms with van der Waals surface area (Å²) >= 11 is 5.93. The van der Waals surface area contributed by atoms with E-state index in [1.54, 1.807) is 24.3 Å². The predicted octanol–water partition coefficient (Wildman–Crippen LogP) is 6.37. The van der Waals surface area contributed by atoms with E-state index in [2.05, 4.69) is 36.5 Å². The quantitative estimate of drug-likeness (QED) is 0.442. The number of fused-ring (bicyclic) bond motifs is 1. The molecule has 0 aliphatic heterocycles. The molecule has 1 N–H and O–H groups in total. The second kappa shape index (κ2) is 7.83. The zero-order chi connectivity index (χ0) is 19.5. The Kier molecular flexibility index (Phi) is 5.09. The van der Waals surface area contributed by atoms with Gasteiger partial charge in [0, 0.05) is 21.7 Å². The monoisotopic (exact) mass is 386 g/mol. The van der Waals surface area contributed by atoms with Crippen molar-refractivity contribution in [1.29, 1.82) is 0 Å². The second-order valence-electron chi connectivity index (χ2n) is 6.58. The van der Waals surface area contributed by atoms with E-state index >= 15 is 0 Å². The summed E-state index contributed by atoms with van der Waals surface area (Å²) in [5.74, 6) is -0.174. The van der Waals surface area contributed by atoms with Gasteiger partial charge in [0.15, 0.2) is 0 Å². The maximum absolute atomic E-state index is 13.0. The van der Waals surface area contributed by atoms with Gasteiger partial charge in [0.2, 0.25) is 0 Å². The summed E-state index contributed by atoms with van der Waals surface area (Å²) in [6.45, 7) is 2.13. The van der Waals surface area contributed by atoms with Gasteiger partial charge in [-0.25, -0.2) is 4.98 Å². The molecule has 0 fully saturated rings. The summed E-state index contributed by atoms with van der Waals surface area (Å²) in [7, 11) is 0. The molecule has 0 aliphatic rings. The number of hydrogen-bond donors (Lipinski definition) is 1. The van der Waals surface area contributed by atoms with Crippen molar-refractivity contribution in [3.63, 3.8) is 0 Å². The minimum Gasteiger partial charge on any atom is -0.322 e. The van der Waals surface area contributed by atoms with Gasteiger partial charge >= 0.3 is 0 Å². The number of carbonyl (C=O) groups excluding carboxylic acids is 1. The molecule has 0 spiro atoms. The van der Waals surface area contributed by atoms with E-state index in [9.17, 15) is 4.79 Å². The van der Waals surface area contributed by atoms with Crippen molar-refractivity contribution >= 4 is 34.1 Å². The van der Waals surface area contributed by atoms with E-state index < -0.39 is 0 Å². The third-order valence-corrected chi connectivity index (χ3v) is 4.97. The van der Waals surface area contributed by atoms with Gasteiger partial charge in [-0.2, -0.15) is 0 Å². The van der Waals surface area contributed by atoms with Gasteiger partial charge in [-0.15, -0.1) is 0 Å². The summed E-state index contributed by atoms with van der Waals surface area (Å²) in [5, 5.41) is 4.40. The molecule has 0 aliphatic carbocycles. The SMILES string of the molecule is CCc1ccc(-c2cc(C(=O)Nc3ccc(Cl)cc3)c3ccccc3n2)cc1. The van der Waals surface area contributed by atoms with Gasteiger partial charge in [0.1, 0.15) is 0 Å². The Labute approximate surface area is 169 Å². The smallest absolute Gasteiger partial charge is 0.256 e. The minimum atomic E-state index is -0.174. The standard InChI is InChI=1S/C24H19ClN2O/c1-2-16-7-9-17(10-8-16)23-15-21(20-5-3-4-6-22(20)27-23)24(28)26-19-13-11-18(25)12-14-19/h3-15H,2H2,1H3,(H,26,28). The van der Waals surface area contributed by atoms with E-state index in [4.69, 9.17) is 16.6 Å². The van der Waals surface area contributed by atoms with E-state index in [0.717, 1.165) is 28.6 Å². The number of aromatic nitrogens is 1. The fraction of sp³-hybridized carbons (Fsp3) is 0.0833. The van der Waals surface area contributed by atoms with Gasteiger partial charge in [-0.1, -0.05) is 61.0 Å². The van der Waals surface area contributed by atoms with Crippen LogP contribution in [0.2, 0.25) is 5.02 Å². The maximum atomic E-state index is 13.0. The van der Waals surface area contributed by atoms with Crippen LogP contribution in [0, 0.1) is 0 Å². The molecule has 0 radical (unpaired) electrons. The average molecular weight is 387 g/mol. The van der Waals surface area contributed by atoms with Crippen LogP contribution in [0.1, 0.15) is 22.8 Å². The first-order chi connectivity index (χ1) is 13.6. The number of nitrogens with zero attached hydrogens (tertiary/aromatic N) is 1. The topological polar surface area (TPSA) is 42.0 Å². The number of amides is 1. The Morgan fingerprint density at radius 1 is 0.964 bits per heavy atom. The van der Waals surface area contributed by atoms with Crippen LogP contribution in [0.25, 0.3) is 22.2 Å². The van der Waals surface area contributed by atoms with E-state index in [1.807, 2.05) is 30.3 Å². The molecule has 0 saturated heterocycles. The van der Waals surface area contributed by atoms with E-state index in [0.29, 0.717) is 16.3 Å². The summed E-state index contributed by atoms with van der Waals surface area (Å²) in [5.41, 5.74) is 5.12. The van der Waals surface area contributed by atoms with Crippen LogP contribution >= 0.6 is 11.6 Å². The molecule has 28 heavy (non-hydrogen) atoms. The maximum Gasteiger partial charge on any atom is 0.256 e. The molecule has 3 aromatic carbocycles. The van der Waals surface area contributed by atoms with Gasteiger partial charge in [-0.05, 0) is 48.4 Å². The molecule has 0 saturated carbocycles. The fourth-order valence-electron chi connectivity index (χ4n) is 3.15. The number of halogens is 1. The molecular formula is C24H19ClN2O. The highest BCUT2D eigenvalue weighted by Crippen LogP contribution is 2.26. The normalized spacial score (nSPS) is 10.8. The second-order valence-corrected chi connectivity index (χ2v) is 7.02. The number of anilines is 1. The highest BCUT2D eigenvalue weighted by Gasteiger charge is 2.14.